The van der Waals surface area contributed by atoms with Gasteiger partial charge in [0, 0.05) is 25.6 Å². The van der Waals surface area contributed by atoms with Gasteiger partial charge in [-0.3, -0.25) is 14.5 Å². The van der Waals surface area contributed by atoms with E-state index in [9.17, 15) is 9.59 Å². The topological polar surface area (TPSA) is 70.1 Å². The Labute approximate surface area is 162 Å². The van der Waals surface area contributed by atoms with Crippen LogP contribution in [0.1, 0.15) is 38.2 Å². The molecule has 0 unspecified atom stereocenters. The quantitative estimate of drug-likeness (QED) is 0.755. The summed E-state index contributed by atoms with van der Waals surface area (Å²) in [6, 6.07) is 8.17. The van der Waals surface area contributed by atoms with E-state index < -0.39 is 5.97 Å². The molecule has 1 amide bonds. The number of methoxy groups -OCH3 is 1. The van der Waals surface area contributed by atoms with E-state index in [0.717, 1.165) is 43.5 Å². The van der Waals surface area contributed by atoms with Gasteiger partial charge in [-0.2, -0.15) is 0 Å². The lowest BCUT2D eigenvalue weighted by atomic mass is 9.97. The lowest BCUT2D eigenvalue weighted by Crippen LogP contribution is -2.37. The highest BCUT2D eigenvalue weighted by molar-refractivity contribution is 5.76. The Hall–Kier alpha value is -2.08. The third kappa shape index (κ3) is 6.54. The van der Waals surface area contributed by atoms with E-state index in [2.05, 4.69) is 13.0 Å². The fraction of sp³-hybridized carbons (Fsp3) is 0.619. The molecule has 150 valence electrons. The van der Waals surface area contributed by atoms with Crippen molar-refractivity contribution in [2.24, 2.45) is 5.92 Å². The minimum absolute atomic E-state index is 0.0502. The third-order valence-corrected chi connectivity index (χ3v) is 5.34. The van der Waals surface area contributed by atoms with Crippen LogP contribution in [0.25, 0.3) is 0 Å². The van der Waals surface area contributed by atoms with Crippen LogP contribution in [-0.4, -0.2) is 66.6 Å². The summed E-state index contributed by atoms with van der Waals surface area (Å²) in [5.74, 6) is 0.497. The summed E-state index contributed by atoms with van der Waals surface area (Å²) in [6.07, 6.45) is 4.02. The summed E-state index contributed by atoms with van der Waals surface area (Å²) in [6.45, 7) is 3.62. The highest BCUT2D eigenvalue weighted by Crippen LogP contribution is 2.23. The molecule has 27 heavy (non-hydrogen) atoms. The van der Waals surface area contributed by atoms with Gasteiger partial charge in [-0.1, -0.05) is 25.1 Å². The van der Waals surface area contributed by atoms with Gasteiger partial charge < -0.3 is 14.7 Å². The zero-order valence-corrected chi connectivity index (χ0v) is 16.7. The first-order valence-corrected chi connectivity index (χ1v) is 9.72. The summed E-state index contributed by atoms with van der Waals surface area (Å²) in [4.78, 5) is 27.5. The first kappa shape index (κ1) is 21.2. The maximum atomic E-state index is 12.7. The molecular weight excluding hydrogens is 344 g/mol. The van der Waals surface area contributed by atoms with Crippen LogP contribution in [0.15, 0.2) is 24.3 Å². The fourth-order valence-electron chi connectivity index (χ4n) is 3.86. The van der Waals surface area contributed by atoms with E-state index in [0.29, 0.717) is 13.0 Å². The van der Waals surface area contributed by atoms with Crippen molar-refractivity contribution in [2.45, 2.75) is 45.1 Å². The summed E-state index contributed by atoms with van der Waals surface area (Å²) in [7, 11) is 3.52. The standard InChI is InChI=1S/C21H32N2O4/c1-16(13-17-7-4-5-9-19(17)27-3)14-20(24)23-11-6-8-18(10-12-23)22(2)15-21(25)26/h4-5,7,9,16,18H,6,8,10-15H2,1-3H3,(H,25,26)/t16-,18+/m1/s1. The van der Waals surface area contributed by atoms with Crippen LogP contribution in [0.2, 0.25) is 0 Å². The van der Waals surface area contributed by atoms with E-state index in [4.69, 9.17) is 9.84 Å². The Kier molecular flexibility index (Phi) is 8.10. The molecule has 1 aromatic carbocycles. The van der Waals surface area contributed by atoms with Crippen LogP contribution in [0.4, 0.5) is 0 Å². The van der Waals surface area contributed by atoms with Crippen LogP contribution in [0.5, 0.6) is 5.75 Å². The van der Waals surface area contributed by atoms with Gasteiger partial charge in [0.05, 0.1) is 13.7 Å². The van der Waals surface area contributed by atoms with E-state index in [1.165, 1.54) is 0 Å². The largest absolute Gasteiger partial charge is 0.496 e. The minimum Gasteiger partial charge on any atom is -0.496 e. The van der Waals surface area contributed by atoms with Crippen molar-refractivity contribution in [3.63, 3.8) is 0 Å². The van der Waals surface area contributed by atoms with Crippen LogP contribution in [-0.2, 0) is 16.0 Å². The van der Waals surface area contributed by atoms with E-state index in [1.807, 2.05) is 35.0 Å². The molecule has 6 heteroatoms. The van der Waals surface area contributed by atoms with Gasteiger partial charge in [0.15, 0.2) is 0 Å². The number of carboxylic acid groups (broad SMARTS) is 1. The molecule has 1 N–H and O–H groups in total. The molecule has 1 fully saturated rings. The van der Waals surface area contributed by atoms with Crippen molar-refractivity contribution >= 4 is 11.9 Å². The highest BCUT2D eigenvalue weighted by Gasteiger charge is 2.25. The molecule has 1 saturated heterocycles. The number of hydrogen-bond acceptors (Lipinski definition) is 4. The molecule has 2 rings (SSSR count). The molecule has 0 aromatic heterocycles. The van der Waals surface area contributed by atoms with E-state index in [-0.39, 0.29) is 24.4 Å². The van der Waals surface area contributed by atoms with E-state index >= 15 is 0 Å². The SMILES string of the molecule is COc1ccccc1C[C@@H](C)CC(=O)N1CCC[C@H](N(C)CC(=O)O)CC1. The molecule has 1 aromatic rings. The van der Waals surface area contributed by atoms with Crippen molar-refractivity contribution in [1.29, 1.82) is 0 Å². The smallest absolute Gasteiger partial charge is 0.317 e. The number of aliphatic carboxylic acids is 1. The number of nitrogens with zero attached hydrogens (tertiary/aromatic N) is 2. The van der Waals surface area contributed by atoms with E-state index in [1.54, 1.807) is 7.11 Å². The second-order valence-corrected chi connectivity index (χ2v) is 7.60. The Morgan fingerprint density at radius 2 is 2.04 bits per heavy atom. The number of likely N-dealkylation sites (tertiary alicyclic amines) is 1. The lowest BCUT2D eigenvalue weighted by molar-refractivity contribution is -0.138. The number of carboxylic acids is 1. The van der Waals surface area contributed by atoms with Crippen molar-refractivity contribution in [3.05, 3.63) is 29.8 Å². The monoisotopic (exact) mass is 376 g/mol. The predicted molar refractivity (Wildman–Crippen MR) is 105 cm³/mol. The zero-order valence-electron chi connectivity index (χ0n) is 16.7. The first-order valence-electron chi connectivity index (χ1n) is 9.72. The second kappa shape index (κ2) is 10.3. The van der Waals surface area contributed by atoms with Gasteiger partial charge in [-0.15, -0.1) is 0 Å². The number of para-hydroxylation sites is 1. The number of ether oxygens (including phenoxy) is 1. The lowest BCUT2D eigenvalue weighted by Gasteiger charge is -2.26. The normalized spacial score (nSPS) is 18.8. The molecule has 0 saturated carbocycles. The van der Waals surface area contributed by atoms with Gasteiger partial charge in [-0.05, 0) is 50.3 Å². The summed E-state index contributed by atoms with van der Waals surface area (Å²) in [5.41, 5.74) is 1.13. The number of benzene rings is 1. The number of likely N-dealkylation sites (N-methyl/N-ethyl adjacent to an activating group) is 1. The first-order chi connectivity index (χ1) is 12.9. The molecule has 1 aliphatic heterocycles. The van der Waals surface area contributed by atoms with Gasteiger partial charge in [0.2, 0.25) is 5.91 Å². The van der Waals surface area contributed by atoms with Gasteiger partial charge in [0.25, 0.3) is 0 Å². The van der Waals surface area contributed by atoms with Crippen LogP contribution >= 0.6 is 0 Å². The average Bonchev–Trinajstić information content (AvgIpc) is 2.88. The van der Waals surface area contributed by atoms with Crippen molar-refractivity contribution in [1.82, 2.24) is 9.80 Å². The zero-order chi connectivity index (χ0) is 19.8. The maximum Gasteiger partial charge on any atom is 0.317 e. The maximum absolute atomic E-state index is 12.7. The number of amides is 1. The molecule has 0 spiro atoms. The average molecular weight is 376 g/mol. The fourth-order valence-corrected chi connectivity index (χ4v) is 3.86. The second-order valence-electron chi connectivity index (χ2n) is 7.60. The number of carbonyl (C=O) groups excluding carboxylic acids is 1. The molecular formula is C21H32N2O4. The van der Waals surface area contributed by atoms with Crippen molar-refractivity contribution in [2.75, 3.05) is 33.8 Å². The molecule has 0 radical (unpaired) electrons. The molecule has 1 heterocycles. The molecule has 0 aliphatic carbocycles. The number of rotatable bonds is 8. The van der Waals surface area contributed by atoms with Gasteiger partial charge in [-0.25, -0.2) is 0 Å². The summed E-state index contributed by atoms with van der Waals surface area (Å²) >= 11 is 0. The molecule has 2 atom stereocenters. The molecule has 1 aliphatic rings. The van der Waals surface area contributed by atoms with Crippen molar-refractivity contribution < 1.29 is 19.4 Å². The van der Waals surface area contributed by atoms with Gasteiger partial charge in [0.1, 0.15) is 5.75 Å². The Morgan fingerprint density at radius 1 is 1.30 bits per heavy atom. The minimum atomic E-state index is -0.806. The van der Waals surface area contributed by atoms with Gasteiger partial charge >= 0.3 is 5.97 Å². The van der Waals surface area contributed by atoms with Crippen LogP contribution in [0.3, 0.4) is 0 Å². The van der Waals surface area contributed by atoms with Crippen LogP contribution in [0, 0.1) is 5.92 Å². The molecule has 6 nitrogen and oxygen atoms in total. The molecule has 0 bridgehead atoms. The Morgan fingerprint density at radius 3 is 2.74 bits per heavy atom. The van der Waals surface area contributed by atoms with Crippen LogP contribution < -0.4 is 4.74 Å². The van der Waals surface area contributed by atoms with Crippen molar-refractivity contribution in [3.8, 4) is 5.75 Å². The number of hydrogen-bond donors (Lipinski definition) is 1. The third-order valence-electron chi connectivity index (χ3n) is 5.34. The number of carbonyl (C=O) groups is 2. The predicted octanol–water partition coefficient (Wildman–Crippen LogP) is 2.66. The Balaban J connectivity index is 1.85. The summed E-state index contributed by atoms with van der Waals surface area (Å²) < 4.78 is 5.40. The highest BCUT2D eigenvalue weighted by atomic mass is 16.5. The summed E-state index contributed by atoms with van der Waals surface area (Å²) in [5, 5.41) is 8.97. The Bertz CT molecular complexity index is 634.